The molecule has 0 aliphatic heterocycles. The molecule has 0 aromatic heterocycles. The molecule has 0 atom stereocenters. The fraction of sp³-hybridized carbons (Fsp3) is 0.357. The molecule has 98 valence electrons. The summed E-state index contributed by atoms with van der Waals surface area (Å²) in [7, 11) is 1.55. The number of methoxy groups -OCH3 is 1. The number of nitriles is 2. The molecule has 1 rings (SSSR count). The lowest BCUT2D eigenvalue weighted by Crippen LogP contribution is -2.11. The maximum absolute atomic E-state index is 8.64. The van der Waals surface area contributed by atoms with Crippen molar-refractivity contribution in [3.63, 3.8) is 0 Å². The van der Waals surface area contributed by atoms with Crippen LogP contribution < -0.4 is 10.2 Å². The van der Waals surface area contributed by atoms with E-state index >= 15 is 0 Å². The van der Waals surface area contributed by atoms with E-state index in [1.807, 2.05) is 18.2 Å². The van der Waals surface area contributed by atoms with Gasteiger partial charge in [0.1, 0.15) is 17.9 Å². The van der Waals surface area contributed by atoms with E-state index in [9.17, 15) is 0 Å². The Hall–Kier alpha value is -2.53. The van der Waals surface area contributed by atoms with Crippen LogP contribution >= 0.6 is 0 Å². The molecule has 1 N–H and O–H groups in total. The summed E-state index contributed by atoms with van der Waals surface area (Å²) < 4.78 is 5.21. The quantitative estimate of drug-likeness (QED) is 0.666. The number of anilines is 1. The lowest BCUT2D eigenvalue weighted by Gasteiger charge is -2.20. The standard InChI is InChI=1S/C14H16N4O/c1-14(2,3)10-5-6-13(19-4)12(7-10)18-17-11(8-15)9-16/h5-7,18H,1-4H3. The number of nitrogens with one attached hydrogen (secondary N) is 1. The van der Waals surface area contributed by atoms with Crippen molar-refractivity contribution in [2.75, 3.05) is 12.5 Å². The molecule has 0 fully saturated rings. The highest BCUT2D eigenvalue weighted by atomic mass is 16.5. The topological polar surface area (TPSA) is 81.2 Å². The summed E-state index contributed by atoms with van der Waals surface area (Å²) in [5.41, 5.74) is 4.17. The molecule has 0 amide bonds. The molecule has 1 aromatic rings. The summed E-state index contributed by atoms with van der Waals surface area (Å²) in [5.74, 6) is 0.604. The lowest BCUT2D eigenvalue weighted by molar-refractivity contribution is 0.416. The Kier molecular flexibility index (Phi) is 4.50. The number of hydrazone groups is 1. The molecule has 0 unspecified atom stereocenters. The predicted molar refractivity (Wildman–Crippen MR) is 74.0 cm³/mol. The van der Waals surface area contributed by atoms with E-state index in [1.165, 1.54) is 0 Å². The van der Waals surface area contributed by atoms with Crippen LogP contribution in [0.4, 0.5) is 5.69 Å². The molecule has 0 spiro atoms. The Bertz CT molecular complexity index is 555. The van der Waals surface area contributed by atoms with Crippen molar-refractivity contribution in [3.8, 4) is 17.9 Å². The summed E-state index contributed by atoms with van der Waals surface area (Å²) >= 11 is 0. The van der Waals surface area contributed by atoms with Crippen LogP contribution in [-0.4, -0.2) is 12.8 Å². The van der Waals surface area contributed by atoms with Crippen LogP contribution in [0, 0.1) is 22.7 Å². The highest BCUT2D eigenvalue weighted by molar-refractivity contribution is 6.10. The third-order valence-corrected chi connectivity index (χ3v) is 2.57. The van der Waals surface area contributed by atoms with Gasteiger partial charge in [-0.15, -0.1) is 0 Å². The number of hydrogen-bond donors (Lipinski definition) is 1. The van der Waals surface area contributed by atoms with Crippen molar-refractivity contribution < 1.29 is 4.74 Å². The smallest absolute Gasteiger partial charge is 0.237 e. The second-order valence-corrected chi connectivity index (χ2v) is 4.96. The van der Waals surface area contributed by atoms with Crippen molar-refractivity contribution in [3.05, 3.63) is 23.8 Å². The first-order valence-electron chi connectivity index (χ1n) is 5.74. The Morgan fingerprint density at radius 1 is 1.26 bits per heavy atom. The lowest BCUT2D eigenvalue weighted by atomic mass is 9.87. The number of hydrogen-bond acceptors (Lipinski definition) is 5. The van der Waals surface area contributed by atoms with Crippen LogP contribution in [0.5, 0.6) is 5.75 Å². The minimum absolute atomic E-state index is 0.0142. The molecular formula is C14H16N4O. The van der Waals surface area contributed by atoms with E-state index < -0.39 is 0 Å². The van der Waals surface area contributed by atoms with Crippen LogP contribution in [-0.2, 0) is 5.41 Å². The number of rotatable bonds is 3. The molecular weight excluding hydrogens is 240 g/mol. The second kappa shape index (κ2) is 5.88. The molecule has 5 nitrogen and oxygen atoms in total. The molecule has 0 saturated carbocycles. The monoisotopic (exact) mass is 256 g/mol. The first kappa shape index (κ1) is 14.5. The molecule has 5 heteroatoms. The normalized spacial score (nSPS) is 10.0. The molecule has 0 aliphatic rings. The van der Waals surface area contributed by atoms with Crippen LogP contribution in [0.25, 0.3) is 0 Å². The zero-order valence-electron chi connectivity index (χ0n) is 11.5. The van der Waals surface area contributed by atoms with Gasteiger partial charge in [0.25, 0.3) is 0 Å². The Balaban J connectivity index is 3.15. The van der Waals surface area contributed by atoms with Crippen molar-refractivity contribution >= 4 is 11.4 Å². The zero-order chi connectivity index (χ0) is 14.5. The molecule has 0 aliphatic carbocycles. The Morgan fingerprint density at radius 2 is 1.89 bits per heavy atom. The van der Waals surface area contributed by atoms with Gasteiger partial charge in [0.05, 0.1) is 12.8 Å². The van der Waals surface area contributed by atoms with Gasteiger partial charge >= 0.3 is 0 Å². The first-order chi connectivity index (χ1) is 8.92. The number of benzene rings is 1. The Labute approximate surface area is 113 Å². The van der Waals surface area contributed by atoms with Gasteiger partial charge in [0, 0.05) is 0 Å². The van der Waals surface area contributed by atoms with Crippen LogP contribution in [0.15, 0.2) is 23.3 Å². The van der Waals surface area contributed by atoms with E-state index in [2.05, 4.69) is 31.3 Å². The highest BCUT2D eigenvalue weighted by Crippen LogP contribution is 2.31. The van der Waals surface area contributed by atoms with Crippen molar-refractivity contribution in [1.82, 2.24) is 0 Å². The average molecular weight is 256 g/mol. The third kappa shape index (κ3) is 3.72. The minimum atomic E-state index is -0.233. The summed E-state index contributed by atoms with van der Waals surface area (Å²) in [4.78, 5) is 0. The Morgan fingerprint density at radius 3 is 2.37 bits per heavy atom. The minimum Gasteiger partial charge on any atom is -0.495 e. The fourth-order valence-corrected chi connectivity index (χ4v) is 1.45. The van der Waals surface area contributed by atoms with E-state index in [0.717, 1.165) is 5.56 Å². The van der Waals surface area contributed by atoms with Crippen LogP contribution in [0.2, 0.25) is 0 Å². The molecule has 0 heterocycles. The first-order valence-corrected chi connectivity index (χ1v) is 5.74. The van der Waals surface area contributed by atoms with Gasteiger partial charge < -0.3 is 4.74 Å². The molecule has 0 saturated heterocycles. The fourth-order valence-electron chi connectivity index (χ4n) is 1.45. The maximum Gasteiger partial charge on any atom is 0.237 e. The highest BCUT2D eigenvalue weighted by Gasteiger charge is 2.15. The van der Waals surface area contributed by atoms with Gasteiger partial charge in [-0.25, -0.2) is 0 Å². The van der Waals surface area contributed by atoms with Gasteiger partial charge in [-0.2, -0.15) is 15.6 Å². The maximum atomic E-state index is 8.64. The third-order valence-electron chi connectivity index (χ3n) is 2.57. The van der Waals surface area contributed by atoms with E-state index in [1.54, 1.807) is 19.2 Å². The van der Waals surface area contributed by atoms with E-state index in [-0.39, 0.29) is 11.1 Å². The number of ether oxygens (including phenoxy) is 1. The zero-order valence-corrected chi connectivity index (χ0v) is 11.5. The molecule has 1 aromatic carbocycles. The predicted octanol–water partition coefficient (Wildman–Crippen LogP) is 2.81. The van der Waals surface area contributed by atoms with Crippen LogP contribution in [0.3, 0.4) is 0 Å². The second-order valence-electron chi connectivity index (χ2n) is 4.96. The average Bonchev–Trinajstić information content (AvgIpc) is 2.38. The molecule has 0 radical (unpaired) electrons. The van der Waals surface area contributed by atoms with Crippen LogP contribution in [0.1, 0.15) is 26.3 Å². The molecule has 19 heavy (non-hydrogen) atoms. The van der Waals surface area contributed by atoms with Gasteiger partial charge in [0.15, 0.2) is 0 Å². The van der Waals surface area contributed by atoms with Crippen molar-refractivity contribution in [2.24, 2.45) is 5.10 Å². The molecule has 0 bridgehead atoms. The van der Waals surface area contributed by atoms with Crippen molar-refractivity contribution in [1.29, 1.82) is 10.5 Å². The van der Waals surface area contributed by atoms with Gasteiger partial charge in [-0.05, 0) is 23.1 Å². The van der Waals surface area contributed by atoms with E-state index in [4.69, 9.17) is 15.3 Å². The van der Waals surface area contributed by atoms with Gasteiger partial charge in [-0.3, -0.25) is 5.43 Å². The van der Waals surface area contributed by atoms with E-state index in [0.29, 0.717) is 11.4 Å². The SMILES string of the molecule is COc1ccc(C(C)(C)C)cc1NN=C(C#N)C#N. The summed E-state index contributed by atoms with van der Waals surface area (Å²) in [6, 6.07) is 9.08. The van der Waals surface area contributed by atoms with Crippen molar-refractivity contribution in [2.45, 2.75) is 26.2 Å². The van der Waals surface area contributed by atoms with Gasteiger partial charge in [-0.1, -0.05) is 26.8 Å². The summed E-state index contributed by atoms with van der Waals surface area (Å²) in [5, 5.41) is 21.0. The number of nitrogens with zero attached hydrogens (tertiary/aromatic N) is 3. The van der Waals surface area contributed by atoms with Gasteiger partial charge in [0.2, 0.25) is 5.71 Å². The summed E-state index contributed by atoms with van der Waals surface area (Å²) in [6.45, 7) is 6.29. The summed E-state index contributed by atoms with van der Waals surface area (Å²) in [6.07, 6.45) is 0. The largest absolute Gasteiger partial charge is 0.495 e.